The van der Waals surface area contributed by atoms with Gasteiger partial charge in [-0.2, -0.15) is 5.10 Å². The first-order chi connectivity index (χ1) is 9.63. The van der Waals surface area contributed by atoms with E-state index in [1.54, 1.807) is 11.0 Å². The van der Waals surface area contributed by atoms with E-state index in [4.69, 9.17) is 0 Å². The molecule has 0 radical (unpaired) electrons. The highest BCUT2D eigenvalue weighted by Crippen LogP contribution is 2.27. The van der Waals surface area contributed by atoms with Crippen LogP contribution in [0.3, 0.4) is 0 Å². The van der Waals surface area contributed by atoms with E-state index < -0.39 is 0 Å². The van der Waals surface area contributed by atoms with Crippen LogP contribution >= 0.6 is 0 Å². The molecule has 0 unspecified atom stereocenters. The maximum Gasteiger partial charge on any atom is 0.264 e. The van der Waals surface area contributed by atoms with E-state index in [1.165, 1.54) is 6.07 Å². The summed E-state index contributed by atoms with van der Waals surface area (Å²) in [4.78, 5) is 36.3. The van der Waals surface area contributed by atoms with Crippen LogP contribution in [0.5, 0.6) is 0 Å². The van der Waals surface area contributed by atoms with Crippen molar-refractivity contribution in [1.82, 2.24) is 20.4 Å². The first kappa shape index (κ1) is 12.8. The average Bonchev–Trinajstić information content (AvgIpc) is 3.01. The van der Waals surface area contributed by atoms with Crippen molar-refractivity contribution in [1.29, 1.82) is 0 Å². The van der Waals surface area contributed by atoms with Crippen LogP contribution in [0.4, 0.5) is 0 Å². The fourth-order valence-electron chi connectivity index (χ4n) is 2.85. The Hall–Kier alpha value is -2.18. The number of H-pyrrole nitrogens is 1. The Labute approximate surface area is 115 Å². The van der Waals surface area contributed by atoms with Crippen LogP contribution < -0.4 is 10.9 Å². The number of amides is 2. The molecule has 0 bridgehead atoms. The number of carbonyl (C=O) groups excluding carboxylic acids is 2. The first-order valence-corrected chi connectivity index (χ1v) is 6.73. The summed E-state index contributed by atoms with van der Waals surface area (Å²) in [7, 11) is 0. The molecule has 2 aliphatic heterocycles. The summed E-state index contributed by atoms with van der Waals surface area (Å²) in [5, 5.41) is 9.05. The van der Waals surface area contributed by atoms with Crippen molar-refractivity contribution in [3.63, 3.8) is 0 Å². The van der Waals surface area contributed by atoms with Gasteiger partial charge >= 0.3 is 0 Å². The van der Waals surface area contributed by atoms with Gasteiger partial charge in [0.15, 0.2) is 0 Å². The second kappa shape index (κ2) is 5.07. The van der Waals surface area contributed by atoms with E-state index in [9.17, 15) is 14.4 Å². The fourth-order valence-corrected chi connectivity index (χ4v) is 2.85. The Morgan fingerprint density at radius 2 is 2.20 bits per heavy atom. The number of hydrogen-bond donors (Lipinski definition) is 2. The van der Waals surface area contributed by atoms with Crippen molar-refractivity contribution >= 4 is 11.8 Å². The van der Waals surface area contributed by atoms with Crippen molar-refractivity contribution in [2.24, 2.45) is 11.8 Å². The number of rotatable bonds is 3. The molecule has 3 rings (SSSR count). The predicted octanol–water partition coefficient (Wildman–Crippen LogP) is -1.09. The zero-order chi connectivity index (χ0) is 14.1. The van der Waals surface area contributed by atoms with Gasteiger partial charge in [0.1, 0.15) is 0 Å². The molecule has 2 aliphatic rings. The van der Waals surface area contributed by atoms with Crippen LogP contribution in [-0.2, 0) is 16.0 Å². The normalized spacial score (nSPS) is 24.6. The van der Waals surface area contributed by atoms with Gasteiger partial charge in [0.2, 0.25) is 11.8 Å². The predicted molar refractivity (Wildman–Crippen MR) is 69.7 cm³/mol. The molecule has 0 aromatic carbocycles. The molecule has 7 nitrogen and oxygen atoms in total. The molecular weight excluding hydrogens is 260 g/mol. The molecule has 2 atom stereocenters. The molecule has 7 heteroatoms. The van der Waals surface area contributed by atoms with Crippen LogP contribution in [0.25, 0.3) is 0 Å². The van der Waals surface area contributed by atoms with Crippen molar-refractivity contribution in [2.45, 2.75) is 12.8 Å². The monoisotopic (exact) mass is 276 g/mol. The van der Waals surface area contributed by atoms with Crippen LogP contribution in [0.2, 0.25) is 0 Å². The molecular formula is C13H16N4O3. The Balaban J connectivity index is 1.54. The smallest absolute Gasteiger partial charge is 0.264 e. The lowest BCUT2D eigenvalue weighted by atomic mass is 10.0. The zero-order valence-electron chi connectivity index (χ0n) is 11.0. The SMILES string of the molecule is O=C1NC[C@H]2CN(C(=O)CCc3ccc(=O)[nH]n3)C[C@@H]12. The third-order valence-electron chi connectivity index (χ3n) is 4.00. The minimum absolute atomic E-state index is 0.0369. The second-order valence-corrected chi connectivity index (χ2v) is 5.32. The molecule has 1 aromatic rings. The van der Waals surface area contributed by atoms with Gasteiger partial charge in [-0.3, -0.25) is 14.4 Å². The van der Waals surface area contributed by atoms with Gasteiger partial charge in [0, 0.05) is 44.5 Å². The lowest BCUT2D eigenvalue weighted by Crippen LogP contribution is -2.33. The van der Waals surface area contributed by atoms with Crippen molar-refractivity contribution < 1.29 is 9.59 Å². The summed E-state index contributed by atoms with van der Waals surface area (Å²) in [6.07, 6.45) is 0.841. The molecule has 106 valence electrons. The first-order valence-electron chi connectivity index (χ1n) is 6.73. The summed E-state index contributed by atoms with van der Waals surface area (Å²) < 4.78 is 0. The summed E-state index contributed by atoms with van der Waals surface area (Å²) in [6, 6.07) is 3.02. The topological polar surface area (TPSA) is 95.2 Å². The Kier molecular flexibility index (Phi) is 3.25. The van der Waals surface area contributed by atoms with Gasteiger partial charge in [0.05, 0.1) is 11.6 Å². The van der Waals surface area contributed by atoms with Gasteiger partial charge in [-0.1, -0.05) is 0 Å². The number of aryl methyl sites for hydroxylation is 1. The zero-order valence-corrected chi connectivity index (χ0v) is 11.0. The van der Waals surface area contributed by atoms with E-state index in [1.807, 2.05) is 0 Å². The van der Waals surface area contributed by atoms with E-state index in [0.29, 0.717) is 38.2 Å². The molecule has 2 saturated heterocycles. The van der Waals surface area contributed by atoms with Crippen molar-refractivity contribution in [3.8, 4) is 0 Å². The number of aromatic nitrogens is 2. The molecule has 20 heavy (non-hydrogen) atoms. The van der Waals surface area contributed by atoms with Gasteiger partial charge in [-0.05, 0) is 6.07 Å². The molecule has 3 heterocycles. The van der Waals surface area contributed by atoms with Crippen LogP contribution in [0.1, 0.15) is 12.1 Å². The fraction of sp³-hybridized carbons (Fsp3) is 0.538. The van der Waals surface area contributed by atoms with Gasteiger partial charge in [-0.15, -0.1) is 0 Å². The van der Waals surface area contributed by atoms with Gasteiger partial charge in [-0.25, -0.2) is 5.10 Å². The third kappa shape index (κ3) is 2.43. The molecule has 2 fully saturated rings. The van der Waals surface area contributed by atoms with Crippen molar-refractivity contribution in [2.75, 3.05) is 19.6 Å². The van der Waals surface area contributed by atoms with Crippen LogP contribution in [-0.4, -0.2) is 46.5 Å². The minimum atomic E-state index is -0.251. The van der Waals surface area contributed by atoms with Crippen LogP contribution in [0.15, 0.2) is 16.9 Å². The number of nitrogens with one attached hydrogen (secondary N) is 2. The summed E-state index contributed by atoms with van der Waals surface area (Å²) in [5.41, 5.74) is 0.438. The number of hydrogen-bond acceptors (Lipinski definition) is 4. The minimum Gasteiger partial charge on any atom is -0.355 e. The second-order valence-electron chi connectivity index (χ2n) is 5.32. The average molecular weight is 276 g/mol. The highest BCUT2D eigenvalue weighted by atomic mass is 16.2. The van der Waals surface area contributed by atoms with E-state index in [0.717, 1.165) is 0 Å². The molecule has 1 aromatic heterocycles. The number of fused-ring (bicyclic) bond motifs is 1. The highest BCUT2D eigenvalue weighted by molar-refractivity contribution is 5.84. The highest BCUT2D eigenvalue weighted by Gasteiger charge is 2.43. The lowest BCUT2D eigenvalue weighted by Gasteiger charge is -2.17. The van der Waals surface area contributed by atoms with Gasteiger partial charge in [0.25, 0.3) is 5.56 Å². The van der Waals surface area contributed by atoms with Gasteiger partial charge < -0.3 is 10.2 Å². The summed E-state index contributed by atoms with van der Waals surface area (Å²) in [5.74, 6) is 0.329. The standard InChI is InChI=1S/C13H16N4O3/c18-11-3-1-9(15-16-11)2-4-12(19)17-6-8-5-14-13(20)10(8)7-17/h1,3,8,10H,2,4-7H2,(H,14,20)(H,16,18)/t8-,10+/m0/s1. The number of aromatic amines is 1. The maximum absolute atomic E-state index is 12.1. The molecule has 0 saturated carbocycles. The molecule has 2 amide bonds. The van der Waals surface area contributed by atoms with E-state index >= 15 is 0 Å². The van der Waals surface area contributed by atoms with E-state index in [-0.39, 0.29) is 29.2 Å². The van der Waals surface area contributed by atoms with E-state index in [2.05, 4.69) is 15.5 Å². The summed E-state index contributed by atoms with van der Waals surface area (Å²) in [6.45, 7) is 1.85. The number of likely N-dealkylation sites (tertiary alicyclic amines) is 1. The number of nitrogens with zero attached hydrogens (tertiary/aromatic N) is 2. The Morgan fingerprint density at radius 1 is 1.35 bits per heavy atom. The number of carbonyl (C=O) groups is 2. The third-order valence-corrected chi connectivity index (χ3v) is 4.00. The Bertz CT molecular complexity index is 577. The van der Waals surface area contributed by atoms with Crippen LogP contribution in [0, 0.1) is 11.8 Å². The molecule has 2 N–H and O–H groups in total. The molecule has 0 aliphatic carbocycles. The van der Waals surface area contributed by atoms with Crippen molar-refractivity contribution in [3.05, 3.63) is 28.2 Å². The Morgan fingerprint density at radius 3 is 2.90 bits per heavy atom. The largest absolute Gasteiger partial charge is 0.355 e. The molecule has 0 spiro atoms. The quantitative estimate of drug-likeness (QED) is 0.733. The summed E-state index contributed by atoms with van der Waals surface area (Å²) >= 11 is 0. The lowest BCUT2D eigenvalue weighted by molar-refractivity contribution is -0.130. The maximum atomic E-state index is 12.1.